The van der Waals surface area contributed by atoms with E-state index in [0.717, 1.165) is 54.3 Å². The maximum Gasteiger partial charge on any atom is 0.0577 e. The molecule has 9 atom stereocenters. The molecule has 1 N–H and O–H groups in total. The molecule has 3 fully saturated rings. The lowest BCUT2D eigenvalue weighted by Gasteiger charge is -2.58. The van der Waals surface area contributed by atoms with Gasteiger partial charge < -0.3 is 5.11 Å². The second kappa shape index (κ2) is 9.15. The lowest BCUT2D eigenvalue weighted by atomic mass is 9.47. The van der Waals surface area contributed by atoms with Crippen LogP contribution in [0.25, 0.3) is 0 Å². The summed E-state index contributed by atoms with van der Waals surface area (Å²) in [5.74, 6) is 6.32. The molecule has 4 aliphatic rings. The van der Waals surface area contributed by atoms with E-state index in [1.165, 1.54) is 64.2 Å². The third kappa shape index (κ3) is 4.20. The molecule has 4 rings (SSSR count). The highest BCUT2D eigenvalue weighted by atomic mass is 16.3. The van der Waals surface area contributed by atoms with Gasteiger partial charge in [0.2, 0.25) is 0 Å². The first-order valence-electron chi connectivity index (χ1n) is 14.1. The minimum Gasteiger partial charge on any atom is -0.393 e. The second-order valence-corrected chi connectivity index (χ2v) is 13.2. The van der Waals surface area contributed by atoms with Crippen LogP contribution in [0.1, 0.15) is 119 Å². The summed E-state index contributed by atoms with van der Waals surface area (Å²) in [4.78, 5) is 0. The quantitative estimate of drug-likeness (QED) is 0.403. The maximum absolute atomic E-state index is 10.3. The molecular formula is C30H52O. The molecule has 1 heteroatoms. The number of aliphatic hydroxyl groups is 1. The molecule has 0 radical (unpaired) electrons. The summed E-state index contributed by atoms with van der Waals surface area (Å²) in [6.45, 7) is 15.1. The first kappa shape index (κ1) is 23.8. The van der Waals surface area contributed by atoms with Gasteiger partial charge in [0.1, 0.15) is 0 Å². The van der Waals surface area contributed by atoms with Crippen molar-refractivity contribution >= 4 is 0 Å². The molecular weight excluding hydrogens is 376 g/mol. The number of hydrogen-bond acceptors (Lipinski definition) is 1. The van der Waals surface area contributed by atoms with Gasteiger partial charge in [0.05, 0.1) is 6.10 Å². The SMILES string of the molecule is CCC[C@H](CC[C@@H](C)[C@H]1CC[C@H]2[C@@H]3CC=C4C[C@@H](O)CC[C@]4(C)[C@H]3CC[C@]12C)C(C)C. The normalized spacial score (nSPS) is 44.3. The fraction of sp³-hybridized carbons (Fsp3) is 0.933. The van der Waals surface area contributed by atoms with Crippen molar-refractivity contribution in [1.29, 1.82) is 0 Å². The molecule has 0 aromatic carbocycles. The van der Waals surface area contributed by atoms with Gasteiger partial charge in [-0.2, -0.15) is 0 Å². The molecule has 0 amide bonds. The standard InChI is InChI=1S/C30H52O/c1-7-8-22(20(2)3)10-9-21(4)26-13-14-27-25-12-11-23-19-24(31)15-17-29(23,5)28(25)16-18-30(26,27)6/h11,20-22,24-28,31H,7-10,12-19H2,1-6H3/t21-,22-,24+,25+,26-,27+,28+,29+,30-/m1/s1. The Morgan fingerprint density at radius 2 is 1.74 bits per heavy atom. The Kier molecular flexibility index (Phi) is 7.04. The van der Waals surface area contributed by atoms with Crippen molar-refractivity contribution in [3.05, 3.63) is 11.6 Å². The smallest absolute Gasteiger partial charge is 0.0577 e. The molecule has 1 nitrogen and oxygen atoms in total. The van der Waals surface area contributed by atoms with Crippen LogP contribution < -0.4 is 0 Å². The second-order valence-electron chi connectivity index (χ2n) is 13.2. The van der Waals surface area contributed by atoms with Gasteiger partial charge in [-0.3, -0.25) is 0 Å². The number of fused-ring (bicyclic) bond motifs is 5. The van der Waals surface area contributed by atoms with E-state index in [1.807, 2.05) is 0 Å². The van der Waals surface area contributed by atoms with Gasteiger partial charge in [-0.25, -0.2) is 0 Å². The molecule has 4 aliphatic carbocycles. The topological polar surface area (TPSA) is 20.2 Å². The van der Waals surface area contributed by atoms with E-state index >= 15 is 0 Å². The molecule has 31 heavy (non-hydrogen) atoms. The van der Waals surface area contributed by atoms with Crippen molar-refractivity contribution in [3.8, 4) is 0 Å². The zero-order chi connectivity index (χ0) is 22.4. The van der Waals surface area contributed by atoms with Crippen molar-refractivity contribution in [2.45, 2.75) is 125 Å². The van der Waals surface area contributed by atoms with E-state index in [-0.39, 0.29) is 6.10 Å². The lowest BCUT2D eigenvalue weighted by molar-refractivity contribution is -0.0575. The number of allylic oxidation sites excluding steroid dienone is 1. The largest absolute Gasteiger partial charge is 0.393 e. The van der Waals surface area contributed by atoms with Gasteiger partial charge in [0.15, 0.2) is 0 Å². The predicted molar refractivity (Wildman–Crippen MR) is 133 cm³/mol. The summed E-state index contributed by atoms with van der Waals surface area (Å²) >= 11 is 0. The molecule has 0 aromatic rings. The third-order valence-electron chi connectivity index (χ3n) is 11.4. The lowest BCUT2D eigenvalue weighted by Crippen LogP contribution is -2.50. The van der Waals surface area contributed by atoms with Crippen molar-refractivity contribution in [3.63, 3.8) is 0 Å². The summed E-state index contributed by atoms with van der Waals surface area (Å²) in [7, 11) is 0. The summed E-state index contributed by atoms with van der Waals surface area (Å²) in [6, 6.07) is 0. The average Bonchev–Trinajstić information content (AvgIpc) is 3.08. The fourth-order valence-corrected chi connectivity index (χ4v) is 9.48. The van der Waals surface area contributed by atoms with Gasteiger partial charge in [0.25, 0.3) is 0 Å². The van der Waals surface area contributed by atoms with E-state index in [0.29, 0.717) is 10.8 Å². The number of hydrogen-bond donors (Lipinski definition) is 1. The Morgan fingerprint density at radius 1 is 0.968 bits per heavy atom. The van der Waals surface area contributed by atoms with Crippen LogP contribution in [0.15, 0.2) is 11.6 Å². The van der Waals surface area contributed by atoms with Crippen molar-refractivity contribution < 1.29 is 5.11 Å². The molecule has 0 heterocycles. The molecule has 0 bridgehead atoms. The highest BCUT2D eigenvalue weighted by Gasteiger charge is 2.59. The Balaban J connectivity index is 1.46. The van der Waals surface area contributed by atoms with E-state index in [4.69, 9.17) is 0 Å². The van der Waals surface area contributed by atoms with Crippen LogP contribution in [-0.4, -0.2) is 11.2 Å². The van der Waals surface area contributed by atoms with Gasteiger partial charge >= 0.3 is 0 Å². The van der Waals surface area contributed by atoms with E-state index in [2.05, 4.69) is 47.6 Å². The zero-order valence-electron chi connectivity index (χ0n) is 21.6. The van der Waals surface area contributed by atoms with Crippen molar-refractivity contribution in [1.82, 2.24) is 0 Å². The first-order chi connectivity index (χ1) is 14.7. The Bertz CT molecular complexity index is 649. The highest BCUT2D eigenvalue weighted by Crippen LogP contribution is 2.67. The Hall–Kier alpha value is -0.300. The van der Waals surface area contributed by atoms with Crippen LogP contribution in [-0.2, 0) is 0 Å². The molecule has 0 unspecified atom stereocenters. The minimum atomic E-state index is -0.0798. The fourth-order valence-electron chi connectivity index (χ4n) is 9.48. The summed E-state index contributed by atoms with van der Waals surface area (Å²) in [5.41, 5.74) is 2.58. The average molecular weight is 429 g/mol. The number of rotatable bonds is 7. The van der Waals surface area contributed by atoms with E-state index in [1.54, 1.807) is 5.57 Å². The summed E-state index contributed by atoms with van der Waals surface area (Å²) < 4.78 is 0. The van der Waals surface area contributed by atoms with Crippen LogP contribution >= 0.6 is 0 Å². The molecule has 178 valence electrons. The number of aliphatic hydroxyl groups excluding tert-OH is 1. The molecule has 0 saturated heterocycles. The maximum atomic E-state index is 10.3. The van der Waals surface area contributed by atoms with Crippen LogP contribution in [0.2, 0.25) is 0 Å². The van der Waals surface area contributed by atoms with Crippen LogP contribution in [0.4, 0.5) is 0 Å². The minimum absolute atomic E-state index is 0.0798. The van der Waals surface area contributed by atoms with Crippen molar-refractivity contribution in [2.24, 2.45) is 52.3 Å². The molecule has 0 aromatic heterocycles. The molecule has 0 aliphatic heterocycles. The van der Waals surface area contributed by atoms with Gasteiger partial charge in [0, 0.05) is 0 Å². The van der Waals surface area contributed by atoms with E-state index < -0.39 is 0 Å². The molecule has 0 spiro atoms. The monoisotopic (exact) mass is 428 g/mol. The summed E-state index contributed by atoms with van der Waals surface area (Å²) in [6.07, 6.45) is 18.5. The van der Waals surface area contributed by atoms with Crippen LogP contribution in [0.5, 0.6) is 0 Å². The molecule has 3 saturated carbocycles. The van der Waals surface area contributed by atoms with Gasteiger partial charge in [-0.05, 0) is 110 Å². The first-order valence-corrected chi connectivity index (χ1v) is 14.1. The van der Waals surface area contributed by atoms with Crippen LogP contribution in [0, 0.1) is 52.3 Å². The van der Waals surface area contributed by atoms with Gasteiger partial charge in [-0.15, -0.1) is 0 Å². The zero-order valence-corrected chi connectivity index (χ0v) is 21.6. The summed E-state index contributed by atoms with van der Waals surface area (Å²) in [5, 5.41) is 10.3. The Labute approximate surface area is 193 Å². The Morgan fingerprint density at radius 3 is 2.45 bits per heavy atom. The van der Waals surface area contributed by atoms with Gasteiger partial charge in [-0.1, -0.05) is 72.5 Å². The van der Waals surface area contributed by atoms with Crippen LogP contribution in [0.3, 0.4) is 0 Å². The third-order valence-corrected chi connectivity index (χ3v) is 11.4. The van der Waals surface area contributed by atoms with Crippen molar-refractivity contribution in [2.75, 3.05) is 0 Å². The highest BCUT2D eigenvalue weighted by molar-refractivity contribution is 5.25. The predicted octanol–water partition coefficient (Wildman–Crippen LogP) is 8.41. The van der Waals surface area contributed by atoms with E-state index in [9.17, 15) is 5.11 Å².